The summed E-state index contributed by atoms with van der Waals surface area (Å²) in [6.45, 7) is 2.51. The third-order valence-corrected chi connectivity index (χ3v) is 3.39. The number of rotatable bonds is 4. The van der Waals surface area contributed by atoms with Gasteiger partial charge in [-0.3, -0.25) is 4.79 Å². The van der Waals surface area contributed by atoms with Crippen molar-refractivity contribution in [1.82, 2.24) is 4.98 Å². The quantitative estimate of drug-likeness (QED) is 0.730. The zero-order valence-electron chi connectivity index (χ0n) is 11.5. The maximum Gasteiger partial charge on any atom is 0.152 e. The molecule has 2 aromatic carbocycles. The van der Waals surface area contributed by atoms with Gasteiger partial charge in [0, 0.05) is 10.9 Å². The molecule has 0 saturated heterocycles. The zero-order valence-corrected chi connectivity index (χ0v) is 11.5. The van der Waals surface area contributed by atoms with Crippen LogP contribution >= 0.6 is 0 Å². The van der Waals surface area contributed by atoms with Crippen LogP contribution in [0.4, 0.5) is 4.39 Å². The Hall–Kier alpha value is -2.62. The number of H-pyrrole nitrogens is 1. The van der Waals surface area contributed by atoms with E-state index < -0.39 is 0 Å². The lowest BCUT2D eigenvalue weighted by molar-refractivity contribution is 0.112. The topological polar surface area (TPSA) is 42.1 Å². The molecule has 0 atom stereocenters. The zero-order chi connectivity index (χ0) is 14.8. The minimum absolute atomic E-state index is 0.350. The number of halogens is 1. The van der Waals surface area contributed by atoms with Crippen LogP contribution < -0.4 is 4.74 Å². The standard InChI is InChI=1S/C17H14FNO2/c1-2-21-12-8-6-11(7-9-12)16-14(10-20)13-4-3-5-15(18)17(13)19-16/h3-10,19H,2H2,1H3. The van der Waals surface area contributed by atoms with E-state index in [1.807, 2.05) is 31.2 Å². The molecule has 0 saturated carbocycles. The van der Waals surface area contributed by atoms with Crippen LogP contribution in [0.1, 0.15) is 17.3 Å². The SMILES string of the molecule is CCOc1ccc(-c2[nH]c3c(F)cccc3c2C=O)cc1. The summed E-state index contributed by atoms with van der Waals surface area (Å²) < 4.78 is 19.2. The highest BCUT2D eigenvalue weighted by Crippen LogP contribution is 2.31. The van der Waals surface area contributed by atoms with Crippen LogP contribution in [0.2, 0.25) is 0 Å². The Morgan fingerprint density at radius 3 is 2.62 bits per heavy atom. The molecule has 1 heterocycles. The van der Waals surface area contributed by atoms with Crippen LogP contribution in [0.25, 0.3) is 22.2 Å². The van der Waals surface area contributed by atoms with E-state index in [2.05, 4.69) is 4.98 Å². The minimum Gasteiger partial charge on any atom is -0.494 e. The predicted octanol–water partition coefficient (Wildman–Crippen LogP) is 4.19. The fraction of sp³-hybridized carbons (Fsp3) is 0.118. The van der Waals surface area contributed by atoms with E-state index in [1.165, 1.54) is 6.07 Å². The second-order valence-electron chi connectivity index (χ2n) is 4.65. The van der Waals surface area contributed by atoms with Crippen molar-refractivity contribution in [3.63, 3.8) is 0 Å². The van der Waals surface area contributed by atoms with Gasteiger partial charge in [-0.2, -0.15) is 0 Å². The first-order valence-corrected chi connectivity index (χ1v) is 6.73. The van der Waals surface area contributed by atoms with Crippen LogP contribution in [-0.4, -0.2) is 17.9 Å². The van der Waals surface area contributed by atoms with Gasteiger partial charge in [-0.15, -0.1) is 0 Å². The third kappa shape index (κ3) is 2.29. The van der Waals surface area contributed by atoms with Crippen molar-refractivity contribution in [1.29, 1.82) is 0 Å². The van der Waals surface area contributed by atoms with E-state index in [0.717, 1.165) is 17.6 Å². The van der Waals surface area contributed by atoms with Crippen molar-refractivity contribution in [2.75, 3.05) is 6.61 Å². The summed E-state index contributed by atoms with van der Waals surface area (Å²) >= 11 is 0. The summed E-state index contributed by atoms with van der Waals surface area (Å²) in [4.78, 5) is 14.4. The van der Waals surface area contributed by atoms with Crippen LogP contribution in [0.3, 0.4) is 0 Å². The molecule has 1 N–H and O–H groups in total. The molecule has 0 bridgehead atoms. The number of aromatic amines is 1. The molecule has 0 amide bonds. The Morgan fingerprint density at radius 1 is 1.19 bits per heavy atom. The van der Waals surface area contributed by atoms with E-state index in [0.29, 0.717) is 28.8 Å². The molecule has 0 radical (unpaired) electrons. The van der Waals surface area contributed by atoms with Gasteiger partial charge < -0.3 is 9.72 Å². The third-order valence-electron chi connectivity index (χ3n) is 3.39. The first kappa shape index (κ1) is 13.4. The Balaban J connectivity index is 2.15. The predicted molar refractivity (Wildman–Crippen MR) is 80.2 cm³/mol. The number of carbonyl (C=O) groups is 1. The number of fused-ring (bicyclic) bond motifs is 1. The molecule has 4 heteroatoms. The van der Waals surface area contributed by atoms with Crippen molar-refractivity contribution in [3.05, 3.63) is 53.8 Å². The van der Waals surface area contributed by atoms with Crippen LogP contribution in [-0.2, 0) is 0 Å². The normalized spacial score (nSPS) is 10.8. The molecule has 3 rings (SSSR count). The second-order valence-corrected chi connectivity index (χ2v) is 4.65. The minimum atomic E-state index is -0.368. The molecule has 0 unspecified atom stereocenters. The van der Waals surface area contributed by atoms with Gasteiger partial charge in [0.15, 0.2) is 6.29 Å². The Bertz CT molecular complexity index is 790. The number of carbonyl (C=O) groups excluding carboxylic acids is 1. The molecule has 0 spiro atoms. The average Bonchev–Trinajstić information content (AvgIpc) is 2.88. The molecule has 0 fully saturated rings. The first-order valence-electron chi connectivity index (χ1n) is 6.73. The fourth-order valence-corrected chi connectivity index (χ4v) is 2.44. The molecule has 3 nitrogen and oxygen atoms in total. The molecule has 1 aromatic heterocycles. The fourth-order valence-electron chi connectivity index (χ4n) is 2.44. The van der Waals surface area contributed by atoms with Crippen molar-refractivity contribution in [2.24, 2.45) is 0 Å². The first-order chi connectivity index (χ1) is 10.2. The molecule has 0 aliphatic heterocycles. The number of hydrogen-bond acceptors (Lipinski definition) is 2. The largest absolute Gasteiger partial charge is 0.494 e. The average molecular weight is 283 g/mol. The molecular weight excluding hydrogens is 269 g/mol. The number of aromatic nitrogens is 1. The van der Waals surface area contributed by atoms with Crippen molar-refractivity contribution < 1.29 is 13.9 Å². The van der Waals surface area contributed by atoms with Gasteiger partial charge in [-0.05, 0) is 42.8 Å². The van der Waals surface area contributed by atoms with Gasteiger partial charge in [0.2, 0.25) is 0 Å². The summed E-state index contributed by atoms with van der Waals surface area (Å²) in [5.74, 6) is 0.393. The molecular formula is C17H14FNO2. The summed E-state index contributed by atoms with van der Waals surface area (Å²) in [6, 6.07) is 12.1. The van der Waals surface area contributed by atoms with E-state index in [9.17, 15) is 9.18 Å². The van der Waals surface area contributed by atoms with E-state index >= 15 is 0 Å². The van der Waals surface area contributed by atoms with Crippen molar-refractivity contribution in [3.8, 4) is 17.0 Å². The maximum absolute atomic E-state index is 13.8. The Kier molecular flexibility index (Phi) is 3.44. The van der Waals surface area contributed by atoms with E-state index in [-0.39, 0.29) is 5.82 Å². The number of aldehydes is 1. The van der Waals surface area contributed by atoms with Crippen LogP contribution in [0, 0.1) is 5.82 Å². The summed E-state index contributed by atoms with van der Waals surface area (Å²) in [5.41, 5.74) is 2.25. The Labute approximate surface area is 121 Å². The van der Waals surface area contributed by atoms with Crippen molar-refractivity contribution in [2.45, 2.75) is 6.92 Å². The van der Waals surface area contributed by atoms with Crippen LogP contribution in [0.15, 0.2) is 42.5 Å². The molecule has 0 aliphatic rings. The summed E-state index contributed by atoms with van der Waals surface area (Å²) in [5, 5.41) is 0.592. The van der Waals surface area contributed by atoms with Gasteiger partial charge in [0.05, 0.1) is 17.8 Å². The lowest BCUT2D eigenvalue weighted by Gasteiger charge is -2.04. The van der Waals surface area contributed by atoms with Gasteiger partial charge in [0.25, 0.3) is 0 Å². The smallest absolute Gasteiger partial charge is 0.152 e. The Morgan fingerprint density at radius 2 is 1.95 bits per heavy atom. The number of hydrogen-bond donors (Lipinski definition) is 1. The number of benzene rings is 2. The van der Waals surface area contributed by atoms with Gasteiger partial charge in [0.1, 0.15) is 11.6 Å². The van der Waals surface area contributed by atoms with Gasteiger partial charge in [-0.1, -0.05) is 12.1 Å². The molecule has 106 valence electrons. The lowest BCUT2D eigenvalue weighted by atomic mass is 10.1. The highest BCUT2D eigenvalue weighted by molar-refractivity contribution is 6.04. The van der Waals surface area contributed by atoms with E-state index in [1.54, 1.807) is 12.1 Å². The molecule has 21 heavy (non-hydrogen) atoms. The monoisotopic (exact) mass is 283 g/mol. The van der Waals surface area contributed by atoms with Gasteiger partial charge >= 0.3 is 0 Å². The molecule has 3 aromatic rings. The summed E-state index contributed by atoms with van der Waals surface area (Å²) in [6.07, 6.45) is 0.754. The second kappa shape index (κ2) is 5.40. The maximum atomic E-state index is 13.8. The molecule has 0 aliphatic carbocycles. The highest BCUT2D eigenvalue weighted by Gasteiger charge is 2.14. The van der Waals surface area contributed by atoms with E-state index in [4.69, 9.17) is 4.74 Å². The number of nitrogens with one attached hydrogen (secondary N) is 1. The highest BCUT2D eigenvalue weighted by atomic mass is 19.1. The number of para-hydroxylation sites is 1. The lowest BCUT2D eigenvalue weighted by Crippen LogP contribution is -1.91. The van der Waals surface area contributed by atoms with Gasteiger partial charge in [-0.25, -0.2) is 4.39 Å². The van der Waals surface area contributed by atoms with Crippen molar-refractivity contribution >= 4 is 17.2 Å². The van der Waals surface area contributed by atoms with Crippen LogP contribution in [0.5, 0.6) is 5.75 Å². The summed E-state index contributed by atoms with van der Waals surface area (Å²) in [7, 11) is 0. The number of ether oxygens (including phenoxy) is 1.